The Kier molecular flexibility index (Phi) is 3.38. The second-order valence-corrected chi connectivity index (χ2v) is 3.01. The monoisotopic (exact) mass is 212 g/mol. The first kappa shape index (κ1) is 11.2. The Morgan fingerprint density at radius 1 is 1.27 bits per heavy atom. The van der Waals surface area contributed by atoms with Gasteiger partial charge in [-0.05, 0) is 6.07 Å². The maximum absolute atomic E-state index is 13.2. The smallest absolute Gasteiger partial charge is 0.311 e. The second kappa shape index (κ2) is 4.54. The van der Waals surface area contributed by atoms with E-state index in [1.165, 1.54) is 18.2 Å². The Balaban J connectivity index is 3.04. The van der Waals surface area contributed by atoms with Crippen LogP contribution < -0.4 is 0 Å². The van der Waals surface area contributed by atoms with Crippen LogP contribution in [0.5, 0.6) is 0 Å². The molecule has 1 atom stereocenters. The number of aliphatic carboxylic acids is 2. The van der Waals surface area contributed by atoms with E-state index >= 15 is 0 Å². The minimum atomic E-state index is -1.34. The van der Waals surface area contributed by atoms with Gasteiger partial charge in [0, 0.05) is 5.56 Å². The zero-order valence-corrected chi connectivity index (χ0v) is 7.68. The number of rotatable bonds is 4. The van der Waals surface area contributed by atoms with Gasteiger partial charge in [0.1, 0.15) is 5.82 Å². The van der Waals surface area contributed by atoms with Crippen molar-refractivity contribution in [1.29, 1.82) is 0 Å². The predicted molar refractivity (Wildman–Crippen MR) is 49.0 cm³/mol. The molecule has 0 aliphatic heterocycles. The van der Waals surface area contributed by atoms with Gasteiger partial charge in [-0.3, -0.25) is 9.59 Å². The van der Waals surface area contributed by atoms with Crippen molar-refractivity contribution in [2.75, 3.05) is 0 Å². The van der Waals surface area contributed by atoms with Crippen molar-refractivity contribution in [3.05, 3.63) is 35.6 Å². The van der Waals surface area contributed by atoms with Crippen LogP contribution in [0.2, 0.25) is 0 Å². The molecule has 80 valence electrons. The highest BCUT2D eigenvalue weighted by molar-refractivity contribution is 5.82. The third kappa shape index (κ3) is 2.77. The van der Waals surface area contributed by atoms with Gasteiger partial charge in [0.15, 0.2) is 0 Å². The summed E-state index contributed by atoms with van der Waals surface area (Å²) in [7, 11) is 0. The third-order valence-corrected chi connectivity index (χ3v) is 1.96. The molecule has 0 aliphatic rings. The van der Waals surface area contributed by atoms with Gasteiger partial charge in [0.05, 0.1) is 12.3 Å². The highest BCUT2D eigenvalue weighted by atomic mass is 19.1. The fraction of sp³-hybridized carbons (Fsp3) is 0.200. The van der Waals surface area contributed by atoms with Crippen LogP contribution in [0.25, 0.3) is 0 Å². The van der Waals surface area contributed by atoms with E-state index in [1.54, 1.807) is 0 Å². The molecule has 2 N–H and O–H groups in total. The standard InChI is InChI=1S/C10H9FO4/c11-8-4-2-1-3-6(8)7(10(14)15)5-9(12)13/h1-4,7H,5H2,(H,12,13)(H,14,15)/t7-/m0/s1. The molecule has 0 unspecified atom stereocenters. The minimum Gasteiger partial charge on any atom is -0.481 e. The number of benzene rings is 1. The normalized spacial score (nSPS) is 12.1. The number of carboxylic acids is 2. The van der Waals surface area contributed by atoms with E-state index in [9.17, 15) is 14.0 Å². The van der Waals surface area contributed by atoms with E-state index in [2.05, 4.69) is 0 Å². The van der Waals surface area contributed by atoms with Gasteiger partial charge >= 0.3 is 11.9 Å². The van der Waals surface area contributed by atoms with E-state index in [4.69, 9.17) is 10.2 Å². The summed E-state index contributed by atoms with van der Waals surface area (Å²) in [5.41, 5.74) is -0.104. The van der Waals surface area contributed by atoms with Crippen LogP contribution >= 0.6 is 0 Å². The Hall–Kier alpha value is -1.91. The van der Waals surface area contributed by atoms with Crippen molar-refractivity contribution in [3.63, 3.8) is 0 Å². The molecule has 1 aromatic carbocycles. The molecule has 0 saturated heterocycles. The second-order valence-electron chi connectivity index (χ2n) is 3.01. The van der Waals surface area contributed by atoms with Crippen LogP contribution in [-0.4, -0.2) is 22.2 Å². The van der Waals surface area contributed by atoms with Gasteiger partial charge in [0.2, 0.25) is 0 Å². The summed E-state index contributed by atoms with van der Waals surface area (Å²) in [6, 6.07) is 5.26. The third-order valence-electron chi connectivity index (χ3n) is 1.96. The molecule has 0 radical (unpaired) electrons. The largest absolute Gasteiger partial charge is 0.481 e. The lowest BCUT2D eigenvalue weighted by Gasteiger charge is -2.10. The van der Waals surface area contributed by atoms with E-state index in [1.807, 2.05) is 0 Å². The van der Waals surface area contributed by atoms with Gasteiger partial charge in [-0.25, -0.2) is 4.39 Å². The van der Waals surface area contributed by atoms with Crippen molar-refractivity contribution < 1.29 is 24.2 Å². The highest BCUT2D eigenvalue weighted by Crippen LogP contribution is 2.22. The molecule has 0 fully saturated rings. The summed E-state index contributed by atoms with van der Waals surface area (Å²) in [5, 5.41) is 17.3. The highest BCUT2D eigenvalue weighted by Gasteiger charge is 2.25. The summed E-state index contributed by atoms with van der Waals surface area (Å²) in [6.07, 6.45) is -0.629. The van der Waals surface area contributed by atoms with Crippen molar-refractivity contribution in [3.8, 4) is 0 Å². The first-order chi connectivity index (χ1) is 7.02. The van der Waals surface area contributed by atoms with Crippen LogP contribution in [0, 0.1) is 5.82 Å². The fourth-order valence-corrected chi connectivity index (χ4v) is 1.26. The van der Waals surface area contributed by atoms with E-state index in [0.717, 1.165) is 6.07 Å². The van der Waals surface area contributed by atoms with E-state index in [-0.39, 0.29) is 5.56 Å². The van der Waals surface area contributed by atoms with Crippen molar-refractivity contribution in [1.82, 2.24) is 0 Å². The lowest BCUT2D eigenvalue weighted by molar-refractivity contribution is -0.145. The Bertz CT molecular complexity index is 389. The van der Waals surface area contributed by atoms with E-state index in [0.29, 0.717) is 0 Å². The zero-order valence-electron chi connectivity index (χ0n) is 7.68. The van der Waals surface area contributed by atoms with Crippen LogP contribution in [-0.2, 0) is 9.59 Å². The van der Waals surface area contributed by atoms with Gasteiger partial charge in [-0.15, -0.1) is 0 Å². The summed E-state index contributed by atoms with van der Waals surface area (Å²) in [6.45, 7) is 0. The average molecular weight is 212 g/mol. The summed E-state index contributed by atoms with van der Waals surface area (Å²) in [4.78, 5) is 21.2. The van der Waals surface area contributed by atoms with Gasteiger partial charge in [-0.2, -0.15) is 0 Å². The van der Waals surface area contributed by atoms with Crippen LogP contribution in [0.15, 0.2) is 24.3 Å². The topological polar surface area (TPSA) is 74.6 Å². The summed E-state index contributed by atoms with van der Waals surface area (Å²) < 4.78 is 13.2. The molecule has 0 spiro atoms. The molecular weight excluding hydrogens is 203 g/mol. The van der Waals surface area contributed by atoms with Gasteiger partial charge in [-0.1, -0.05) is 18.2 Å². The van der Waals surface area contributed by atoms with Crippen LogP contribution in [0.4, 0.5) is 4.39 Å². The SMILES string of the molecule is O=C(O)C[C@H](C(=O)O)c1ccccc1F. The zero-order chi connectivity index (χ0) is 11.4. The summed E-state index contributed by atoms with van der Waals surface area (Å²) >= 11 is 0. The number of carbonyl (C=O) groups is 2. The van der Waals surface area contributed by atoms with Crippen LogP contribution in [0.1, 0.15) is 17.9 Å². The molecule has 5 heteroatoms. The molecule has 1 aromatic rings. The predicted octanol–water partition coefficient (Wildman–Crippen LogP) is 1.47. The first-order valence-electron chi connectivity index (χ1n) is 4.21. The number of halogens is 1. The maximum atomic E-state index is 13.2. The molecule has 15 heavy (non-hydrogen) atoms. The fourth-order valence-electron chi connectivity index (χ4n) is 1.26. The van der Waals surface area contributed by atoms with Crippen molar-refractivity contribution in [2.24, 2.45) is 0 Å². The molecule has 0 aliphatic carbocycles. The van der Waals surface area contributed by atoms with Crippen molar-refractivity contribution in [2.45, 2.75) is 12.3 Å². The Morgan fingerprint density at radius 3 is 2.33 bits per heavy atom. The Labute approximate surface area is 85.0 Å². The number of carboxylic acid groups (broad SMARTS) is 2. The minimum absolute atomic E-state index is 0.104. The molecular formula is C10H9FO4. The molecule has 0 heterocycles. The van der Waals surface area contributed by atoms with Gasteiger partial charge in [0.25, 0.3) is 0 Å². The molecule has 1 rings (SSSR count). The quantitative estimate of drug-likeness (QED) is 0.792. The average Bonchev–Trinajstić information content (AvgIpc) is 2.15. The maximum Gasteiger partial charge on any atom is 0.311 e. The van der Waals surface area contributed by atoms with Gasteiger partial charge < -0.3 is 10.2 Å². The molecule has 4 nitrogen and oxygen atoms in total. The number of hydrogen-bond acceptors (Lipinski definition) is 2. The van der Waals surface area contributed by atoms with Crippen molar-refractivity contribution >= 4 is 11.9 Å². The molecule has 0 aromatic heterocycles. The van der Waals surface area contributed by atoms with E-state index < -0.39 is 30.1 Å². The number of hydrogen-bond donors (Lipinski definition) is 2. The lowest BCUT2D eigenvalue weighted by Crippen LogP contribution is -2.17. The Morgan fingerprint density at radius 2 is 1.87 bits per heavy atom. The molecule has 0 saturated carbocycles. The molecule has 0 amide bonds. The molecule has 0 bridgehead atoms. The van der Waals surface area contributed by atoms with Crippen LogP contribution in [0.3, 0.4) is 0 Å². The first-order valence-corrected chi connectivity index (χ1v) is 4.21. The summed E-state index contributed by atoms with van der Waals surface area (Å²) in [5.74, 6) is -4.66. The lowest BCUT2D eigenvalue weighted by atomic mass is 9.95.